The van der Waals surface area contributed by atoms with Gasteiger partial charge in [-0.2, -0.15) is 5.10 Å². The number of carbonyl (C=O) groups excluding carboxylic acids is 2. The number of hydrogen-bond donors (Lipinski definition) is 0. The molecule has 0 bridgehead atoms. The van der Waals surface area contributed by atoms with Crippen molar-refractivity contribution in [1.29, 1.82) is 0 Å². The van der Waals surface area contributed by atoms with Crippen LogP contribution in [0.3, 0.4) is 0 Å². The molecule has 1 amide bonds. The minimum Gasteiger partial charge on any atom is -0.302 e. The van der Waals surface area contributed by atoms with Crippen molar-refractivity contribution in [2.24, 2.45) is 0 Å². The summed E-state index contributed by atoms with van der Waals surface area (Å²) >= 11 is 0. The zero-order valence-electron chi connectivity index (χ0n) is 9.61. The van der Waals surface area contributed by atoms with Crippen molar-refractivity contribution in [2.75, 3.05) is 11.4 Å². The smallest absolute Gasteiger partial charge is 0.234 e. The summed E-state index contributed by atoms with van der Waals surface area (Å²) in [6.07, 6.45) is 3.47. The molecule has 1 fully saturated rings. The Morgan fingerprint density at radius 2 is 1.83 bits per heavy atom. The van der Waals surface area contributed by atoms with Gasteiger partial charge in [0.25, 0.3) is 0 Å². The molecule has 0 unspecified atom stereocenters. The van der Waals surface area contributed by atoms with Crippen molar-refractivity contribution < 1.29 is 9.59 Å². The van der Waals surface area contributed by atoms with Crippen LogP contribution >= 0.6 is 0 Å². The van der Waals surface area contributed by atoms with Gasteiger partial charge in [0, 0.05) is 12.4 Å². The largest absolute Gasteiger partial charge is 0.302 e. The second kappa shape index (κ2) is 4.10. The zero-order valence-corrected chi connectivity index (χ0v) is 9.61. The lowest BCUT2D eigenvalue weighted by Crippen LogP contribution is -2.25. The molecule has 0 N–H and O–H groups in total. The van der Waals surface area contributed by atoms with Crippen LogP contribution in [0.4, 0.5) is 5.69 Å². The van der Waals surface area contributed by atoms with Crippen molar-refractivity contribution in [3.8, 4) is 5.69 Å². The Bertz CT molecular complexity index is 604. The van der Waals surface area contributed by atoms with Gasteiger partial charge in [-0.25, -0.2) is 4.68 Å². The number of Topliss-reactive ketones (excluding diaryl/α,β-unsaturated/α-hetero) is 1. The first-order valence-corrected chi connectivity index (χ1v) is 5.67. The number of rotatable bonds is 2. The number of carbonyl (C=O) groups is 2. The monoisotopic (exact) mass is 241 g/mol. The maximum absolute atomic E-state index is 11.8. The molecule has 3 rings (SSSR count). The Morgan fingerprint density at radius 1 is 1.06 bits per heavy atom. The van der Waals surface area contributed by atoms with Crippen LogP contribution in [0.25, 0.3) is 5.69 Å². The predicted octanol–water partition coefficient (Wildman–Crippen LogP) is 1.18. The van der Waals surface area contributed by atoms with Crippen LogP contribution in [0.5, 0.6) is 0 Å². The Morgan fingerprint density at radius 3 is 2.44 bits per heavy atom. The van der Waals surface area contributed by atoms with Crippen molar-refractivity contribution in [2.45, 2.75) is 6.42 Å². The Kier molecular flexibility index (Phi) is 2.44. The van der Waals surface area contributed by atoms with Gasteiger partial charge in [0.15, 0.2) is 5.78 Å². The van der Waals surface area contributed by atoms with Crippen LogP contribution in [-0.4, -0.2) is 28.0 Å². The van der Waals surface area contributed by atoms with E-state index in [2.05, 4.69) is 5.10 Å². The molecule has 5 nitrogen and oxygen atoms in total. The fourth-order valence-electron chi connectivity index (χ4n) is 2.10. The summed E-state index contributed by atoms with van der Waals surface area (Å²) in [7, 11) is 0. The third kappa shape index (κ3) is 1.69. The lowest BCUT2D eigenvalue weighted by Gasteiger charge is -2.18. The van der Waals surface area contributed by atoms with Crippen LogP contribution in [-0.2, 0) is 9.59 Å². The normalized spacial score (nSPS) is 15.4. The van der Waals surface area contributed by atoms with Crippen molar-refractivity contribution in [3.05, 3.63) is 42.7 Å². The van der Waals surface area contributed by atoms with E-state index in [1.54, 1.807) is 17.1 Å². The molecule has 5 heteroatoms. The molecule has 0 saturated carbocycles. The zero-order chi connectivity index (χ0) is 12.5. The van der Waals surface area contributed by atoms with Crippen LogP contribution in [0.2, 0.25) is 0 Å². The number of amides is 1. The third-order valence-corrected chi connectivity index (χ3v) is 2.91. The van der Waals surface area contributed by atoms with Gasteiger partial charge in [-0.15, -0.1) is 0 Å². The van der Waals surface area contributed by atoms with Crippen LogP contribution in [0.1, 0.15) is 6.42 Å². The van der Waals surface area contributed by atoms with Gasteiger partial charge in [0.2, 0.25) is 5.91 Å². The Hall–Kier alpha value is -2.43. The lowest BCUT2D eigenvalue weighted by molar-refractivity contribution is -0.121. The van der Waals surface area contributed by atoms with Gasteiger partial charge in [0.05, 0.1) is 24.3 Å². The van der Waals surface area contributed by atoms with E-state index in [0.717, 1.165) is 11.4 Å². The maximum atomic E-state index is 11.8. The third-order valence-electron chi connectivity index (χ3n) is 2.91. The summed E-state index contributed by atoms with van der Waals surface area (Å²) in [5, 5.41) is 4.16. The van der Waals surface area contributed by atoms with Crippen molar-refractivity contribution in [1.82, 2.24) is 9.78 Å². The molecule has 0 radical (unpaired) electrons. The van der Waals surface area contributed by atoms with Crippen molar-refractivity contribution >= 4 is 17.4 Å². The molecular formula is C13H11N3O2. The van der Waals surface area contributed by atoms with Gasteiger partial charge in [-0.3, -0.25) is 9.59 Å². The fraction of sp³-hybridized carbons (Fsp3) is 0.154. The Labute approximate surface area is 104 Å². The topological polar surface area (TPSA) is 55.2 Å². The molecule has 90 valence electrons. The van der Waals surface area contributed by atoms with Gasteiger partial charge in [-0.1, -0.05) is 12.1 Å². The molecule has 1 aromatic carbocycles. The van der Waals surface area contributed by atoms with E-state index >= 15 is 0 Å². The van der Waals surface area contributed by atoms with E-state index in [1.807, 2.05) is 30.3 Å². The van der Waals surface area contributed by atoms with Gasteiger partial charge in [0.1, 0.15) is 0 Å². The molecule has 1 aromatic heterocycles. The number of anilines is 1. The highest BCUT2D eigenvalue weighted by Crippen LogP contribution is 2.26. The van der Waals surface area contributed by atoms with Crippen molar-refractivity contribution in [3.63, 3.8) is 0 Å². The number of hydrogen-bond acceptors (Lipinski definition) is 3. The lowest BCUT2D eigenvalue weighted by atomic mass is 10.2. The number of aromatic nitrogens is 2. The van der Waals surface area contributed by atoms with E-state index in [-0.39, 0.29) is 24.7 Å². The Balaban J connectivity index is 2.08. The standard InChI is InChI=1S/C13H11N3O2/c17-10-8-13(18)15(9-10)11-4-1-2-5-12(11)16-7-3-6-14-16/h1-7H,8-9H2. The molecule has 0 spiro atoms. The number of nitrogens with zero attached hydrogens (tertiary/aromatic N) is 3. The van der Waals surface area contributed by atoms with E-state index in [4.69, 9.17) is 0 Å². The van der Waals surface area contributed by atoms with E-state index in [9.17, 15) is 9.59 Å². The van der Waals surface area contributed by atoms with E-state index in [1.165, 1.54) is 4.90 Å². The summed E-state index contributed by atoms with van der Waals surface area (Å²) in [5.74, 6) is -0.199. The van der Waals surface area contributed by atoms with Crippen LogP contribution in [0.15, 0.2) is 42.7 Å². The first-order chi connectivity index (χ1) is 8.75. The van der Waals surface area contributed by atoms with E-state index < -0.39 is 0 Å². The summed E-state index contributed by atoms with van der Waals surface area (Å²) < 4.78 is 1.69. The first kappa shape index (κ1) is 10.7. The molecule has 18 heavy (non-hydrogen) atoms. The fourth-order valence-corrected chi connectivity index (χ4v) is 2.10. The maximum Gasteiger partial charge on any atom is 0.234 e. The number of ketones is 1. The minimum absolute atomic E-state index is 0.00651. The quantitative estimate of drug-likeness (QED) is 0.742. The van der Waals surface area contributed by atoms with Crippen LogP contribution < -0.4 is 4.90 Å². The van der Waals surface area contributed by atoms with Gasteiger partial charge in [-0.05, 0) is 18.2 Å². The summed E-state index contributed by atoms with van der Waals surface area (Å²) in [5.41, 5.74) is 1.52. The molecule has 1 aliphatic heterocycles. The molecule has 2 heterocycles. The predicted molar refractivity (Wildman–Crippen MR) is 65.5 cm³/mol. The average Bonchev–Trinajstić information content (AvgIpc) is 2.99. The number of benzene rings is 1. The summed E-state index contributed by atoms with van der Waals surface area (Å²) in [6.45, 7) is 0.150. The SMILES string of the molecule is O=C1CC(=O)N(c2ccccc2-n2cccn2)C1. The summed E-state index contributed by atoms with van der Waals surface area (Å²) in [4.78, 5) is 24.6. The highest BCUT2D eigenvalue weighted by Gasteiger charge is 2.30. The van der Waals surface area contributed by atoms with Gasteiger partial charge >= 0.3 is 0 Å². The first-order valence-electron chi connectivity index (χ1n) is 5.67. The molecule has 0 atom stereocenters. The molecule has 0 aliphatic carbocycles. The summed E-state index contributed by atoms with van der Waals surface area (Å²) in [6, 6.07) is 9.24. The molecule has 2 aromatic rings. The molecular weight excluding hydrogens is 230 g/mol. The van der Waals surface area contributed by atoms with Gasteiger partial charge < -0.3 is 4.90 Å². The second-order valence-electron chi connectivity index (χ2n) is 4.13. The highest BCUT2D eigenvalue weighted by molar-refractivity contribution is 6.15. The average molecular weight is 241 g/mol. The number of para-hydroxylation sites is 2. The van der Waals surface area contributed by atoms with E-state index in [0.29, 0.717) is 0 Å². The minimum atomic E-state index is -0.153. The van der Waals surface area contributed by atoms with Crippen LogP contribution in [0, 0.1) is 0 Å². The molecule has 1 saturated heterocycles. The second-order valence-corrected chi connectivity index (χ2v) is 4.13. The molecule has 1 aliphatic rings. The highest BCUT2D eigenvalue weighted by atomic mass is 16.2.